The smallest absolute Gasteiger partial charge is 0.251 e. The van der Waals surface area contributed by atoms with E-state index >= 15 is 0 Å². The summed E-state index contributed by atoms with van der Waals surface area (Å²) in [5.74, 6) is -0.187. The van der Waals surface area contributed by atoms with E-state index in [4.69, 9.17) is 9.47 Å². The van der Waals surface area contributed by atoms with Crippen LogP contribution in [-0.2, 0) is 9.47 Å². The molecular weight excluding hydrogens is 234 g/mol. The van der Waals surface area contributed by atoms with Crippen molar-refractivity contribution < 1.29 is 19.4 Å². The molecule has 1 aromatic carbocycles. The fourth-order valence-corrected chi connectivity index (χ4v) is 2.76. The van der Waals surface area contributed by atoms with Gasteiger partial charge in [0.05, 0.1) is 6.04 Å². The van der Waals surface area contributed by atoms with Crippen molar-refractivity contribution in [3.63, 3.8) is 0 Å². The van der Waals surface area contributed by atoms with Gasteiger partial charge in [0.15, 0.2) is 0 Å². The van der Waals surface area contributed by atoms with E-state index in [0.717, 1.165) is 0 Å². The van der Waals surface area contributed by atoms with Crippen LogP contribution in [0.25, 0.3) is 0 Å². The number of rotatable bonds is 2. The van der Waals surface area contributed by atoms with Gasteiger partial charge in [-0.25, -0.2) is 0 Å². The topological polar surface area (TPSA) is 74.4 Å². The van der Waals surface area contributed by atoms with Gasteiger partial charge in [0.1, 0.15) is 30.5 Å². The second-order valence-corrected chi connectivity index (χ2v) is 4.99. The SMILES string of the molecule is O=C(N[C@H]1[C@H](O)[C@H]2O[C@H]2[C@H]2O[C@@H]12)c1ccccc1. The molecule has 2 N–H and O–H groups in total. The summed E-state index contributed by atoms with van der Waals surface area (Å²) in [6, 6.07) is 8.59. The molecule has 6 atom stereocenters. The number of hydrogen-bond acceptors (Lipinski definition) is 4. The van der Waals surface area contributed by atoms with Crippen LogP contribution < -0.4 is 5.32 Å². The molecule has 0 unspecified atom stereocenters. The first-order chi connectivity index (χ1) is 8.75. The predicted octanol–water partition coefficient (Wildman–Crippen LogP) is -0.306. The lowest BCUT2D eigenvalue weighted by Crippen LogP contribution is -2.52. The molecule has 4 rings (SSSR count). The number of carbonyl (C=O) groups is 1. The maximum atomic E-state index is 12.0. The third kappa shape index (κ3) is 1.48. The molecule has 1 saturated carbocycles. The fraction of sp³-hybridized carbons (Fsp3) is 0.462. The molecule has 0 aromatic heterocycles. The lowest BCUT2D eigenvalue weighted by Gasteiger charge is -2.23. The van der Waals surface area contributed by atoms with Crippen molar-refractivity contribution in [1.29, 1.82) is 0 Å². The average Bonchev–Trinajstić information content (AvgIpc) is 3.26. The third-order valence-corrected chi connectivity index (χ3v) is 3.84. The monoisotopic (exact) mass is 247 g/mol. The molecule has 0 bridgehead atoms. The Morgan fingerprint density at radius 2 is 1.72 bits per heavy atom. The number of carbonyl (C=O) groups excluding carboxylic acids is 1. The van der Waals surface area contributed by atoms with E-state index in [1.165, 1.54) is 0 Å². The zero-order valence-electron chi connectivity index (χ0n) is 9.52. The van der Waals surface area contributed by atoms with Gasteiger partial charge in [-0.3, -0.25) is 4.79 Å². The highest BCUT2D eigenvalue weighted by Crippen LogP contribution is 2.48. The van der Waals surface area contributed by atoms with Crippen molar-refractivity contribution >= 4 is 5.91 Å². The van der Waals surface area contributed by atoms with Crippen molar-refractivity contribution in [3.05, 3.63) is 35.9 Å². The van der Waals surface area contributed by atoms with Crippen LogP contribution in [0.15, 0.2) is 30.3 Å². The van der Waals surface area contributed by atoms with Gasteiger partial charge in [0.25, 0.3) is 5.91 Å². The minimum absolute atomic E-state index is 0.0369. The van der Waals surface area contributed by atoms with Crippen molar-refractivity contribution in [3.8, 4) is 0 Å². The molecule has 2 saturated heterocycles. The van der Waals surface area contributed by atoms with Gasteiger partial charge in [0.2, 0.25) is 0 Å². The van der Waals surface area contributed by atoms with E-state index in [1.54, 1.807) is 12.1 Å². The highest BCUT2D eigenvalue weighted by molar-refractivity contribution is 5.94. The van der Waals surface area contributed by atoms with Crippen LogP contribution in [0.3, 0.4) is 0 Å². The predicted molar refractivity (Wildman–Crippen MR) is 61.0 cm³/mol. The second-order valence-electron chi connectivity index (χ2n) is 4.99. The van der Waals surface area contributed by atoms with Crippen LogP contribution in [-0.4, -0.2) is 47.6 Å². The van der Waals surface area contributed by atoms with Crippen LogP contribution in [0.1, 0.15) is 10.4 Å². The Balaban J connectivity index is 1.50. The first-order valence-electron chi connectivity index (χ1n) is 6.10. The quantitative estimate of drug-likeness (QED) is 0.703. The minimum Gasteiger partial charge on any atom is -0.388 e. The summed E-state index contributed by atoms with van der Waals surface area (Å²) in [6.45, 7) is 0. The van der Waals surface area contributed by atoms with Gasteiger partial charge < -0.3 is 19.9 Å². The molecule has 1 aromatic rings. The van der Waals surface area contributed by atoms with E-state index in [0.29, 0.717) is 5.56 Å². The highest BCUT2D eigenvalue weighted by atomic mass is 16.7. The highest BCUT2D eigenvalue weighted by Gasteiger charge is 2.69. The van der Waals surface area contributed by atoms with Gasteiger partial charge >= 0.3 is 0 Å². The molecule has 0 spiro atoms. The molecule has 2 heterocycles. The number of fused-ring (bicyclic) bond motifs is 3. The number of ether oxygens (including phenoxy) is 2. The fourth-order valence-electron chi connectivity index (χ4n) is 2.76. The van der Waals surface area contributed by atoms with Gasteiger partial charge in [-0.1, -0.05) is 18.2 Å². The molecule has 1 amide bonds. The Hall–Kier alpha value is -1.43. The van der Waals surface area contributed by atoms with Gasteiger partial charge in [0, 0.05) is 5.56 Å². The van der Waals surface area contributed by atoms with E-state index in [9.17, 15) is 9.90 Å². The maximum Gasteiger partial charge on any atom is 0.251 e. The number of hydrogen-bond donors (Lipinski definition) is 2. The zero-order chi connectivity index (χ0) is 12.3. The van der Waals surface area contributed by atoms with Crippen LogP contribution >= 0.6 is 0 Å². The number of aliphatic hydroxyl groups is 1. The summed E-state index contributed by atoms with van der Waals surface area (Å²) < 4.78 is 10.8. The summed E-state index contributed by atoms with van der Waals surface area (Å²) in [5, 5.41) is 12.9. The standard InChI is InChI=1S/C13H13NO4/c15-8-7(9-11(17-9)12-10(8)18-12)14-13(16)6-4-2-1-3-5-6/h1-5,7-12,15H,(H,14,16)/t7-,8-,9-,10+,11-,12+/m0/s1. The molecule has 3 fully saturated rings. The first kappa shape index (κ1) is 10.5. The van der Waals surface area contributed by atoms with E-state index in [1.807, 2.05) is 18.2 Å². The molecule has 18 heavy (non-hydrogen) atoms. The van der Waals surface area contributed by atoms with Crippen molar-refractivity contribution in [1.82, 2.24) is 5.32 Å². The molecule has 0 radical (unpaired) electrons. The average molecular weight is 247 g/mol. The molecule has 94 valence electrons. The van der Waals surface area contributed by atoms with Crippen LogP contribution in [0, 0.1) is 0 Å². The van der Waals surface area contributed by atoms with Crippen LogP contribution in [0.4, 0.5) is 0 Å². The third-order valence-electron chi connectivity index (χ3n) is 3.84. The summed E-state index contributed by atoms with van der Waals surface area (Å²) in [5.41, 5.74) is 0.584. The second kappa shape index (κ2) is 3.54. The normalized spacial score (nSPS) is 43.6. The largest absolute Gasteiger partial charge is 0.388 e. The first-order valence-corrected chi connectivity index (χ1v) is 6.10. The summed E-state index contributed by atoms with van der Waals surface area (Å²) in [4.78, 5) is 12.0. The number of nitrogens with one attached hydrogen (secondary N) is 1. The van der Waals surface area contributed by atoms with Crippen molar-refractivity contribution in [2.45, 2.75) is 36.6 Å². The van der Waals surface area contributed by atoms with E-state index in [-0.39, 0.29) is 36.4 Å². The summed E-state index contributed by atoms with van der Waals surface area (Å²) in [7, 11) is 0. The molecule has 5 heteroatoms. The van der Waals surface area contributed by atoms with E-state index < -0.39 is 6.10 Å². The molecule has 3 aliphatic rings. The minimum atomic E-state index is -0.675. The zero-order valence-corrected chi connectivity index (χ0v) is 9.52. The number of aliphatic hydroxyl groups excluding tert-OH is 1. The summed E-state index contributed by atoms with van der Waals surface area (Å²) in [6.07, 6.45) is -0.855. The lowest BCUT2D eigenvalue weighted by atomic mass is 9.92. The number of epoxide rings is 2. The Morgan fingerprint density at radius 1 is 1.06 bits per heavy atom. The number of amides is 1. The number of benzene rings is 1. The Kier molecular flexibility index (Phi) is 2.06. The molecule has 5 nitrogen and oxygen atoms in total. The molecule has 1 aliphatic carbocycles. The Morgan fingerprint density at radius 3 is 2.50 bits per heavy atom. The molecular formula is C13H13NO4. The lowest BCUT2D eigenvalue weighted by molar-refractivity contribution is 0.0677. The summed E-state index contributed by atoms with van der Waals surface area (Å²) >= 11 is 0. The Bertz CT molecular complexity index is 491. The van der Waals surface area contributed by atoms with Gasteiger partial charge in [-0.05, 0) is 12.1 Å². The van der Waals surface area contributed by atoms with Crippen molar-refractivity contribution in [2.24, 2.45) is 0 Å². The van der Waals surface area contributed by atoms with E-state index in [2.05, 4.69) is 5.32 Å². The van der Waals surface area contributed by atoms with Crippen LogP contribution in [0.5, 0.6) is 0 Å². The Labute approximate surface area is 104 Å². The van der Waals surface area contributed by atoms with Crippen molar-refractivity contribution in [2.75, 3.05) is 0 Å². The van der Waals surface area contributed by atoms with Gasteiger partial charge in [-0.2, -0.15) is 0 Å². The maximum absolute atomic E-state index is 12.0. The van der Waals surface area contributed by atoms with Crippen LogP contribution in [0.2, 0.25) is 0 Å². The molecule has 2 aliphatic heterocycles. The van der Waals surface area contributed by atoms with Gasteiger partial charge in [-0.15, -0.1) is 0 Å².